The standard InChI is InChI=1S/C21H18ClN3O4/c1-12(19(26)23-15-7-5-14(22)6-8-15)29-21(28)13-4-9-16-17(11-13)24-18-3-2-10-25(18)20(16)27/h4-9,11-12H,2-3,10H2,1H3,(H,23,26)/t12-/m0/s1. The summed E-state index contributed by atoms with van der Waals surface area (Å²) in [6.45, 7) is 2.16. The summed E-state index contributed by atoms with van der Waals surface area (Å²) in [5, 5.41) is 3.67. The lowest BCUT2D eigenvalue weighted by molar-refractivity contribution is -0.123. The van der Waals surface area contributed by atoms with Gasteiger partial charge in [0.1, 0.15) is 5.82 Å². The molecule has 3 aromatic rings. The summed E-state index contributed by atoms with van der Waals surface area (Å²) in [6.07, 6.45) is 0.614. The van der Waals surface area contributed by atoms with E-state index in [0.29, 0.717) is 28.2 Å². The number of ether oxygens (including phenoxy) is 1. The summed E-state index contributed by atoms with van der Waals surface area (Å²) in [7, 11) is 0. The molecule has 2 aromatic carbocycles. The van der Waals surface area contributed by atoms with Gasteiger partial charge in [-0.2, -0.15) is 0 Å². The largest absolute Gasteiger partial charge is 0.449 e. The molecule has 1 aliphatic heterocycles. The van der Waals surface area contributed by atoms with E-state index in [1.807, 2.05) is 0 Å². The van der Waals surface area contributed by atoms with Crippen LogP contribution in [0, 0.1) is 0 Å². The van der Waals surface area contributed by atoms with Crippen molar-refractivity contribution in [1.82, 2.24) is 9.55 Å². The highest BCUT2D eigenvalue weighted by atomic mass is 35.5. The number of carbonyl (C=O) groups excluding carboxylic acids is 2. The predicted molar refractivity (Wildman–Crippen MR) is 109 cm³/mol. The number of aryl methyl sites for hydroxylation is 1. The van der Waals surface area contributed by atoms with E-state index in [1.54, 1.807) is 34.9 Å². The van der Waals surface area contributed by atoms with Crippen molar-refractivity contribution >= 4 is 40.1 Å². The number of hydrogen-bond acceptors (Lipinski definition) is 5. The summed E-state index contributed by atoms with van der Waals surface area (Å²) in [6, 6.07) is 11.2. The van der Waals surface area contributed by atoms with Crippen molar-refractivity contribution in [1.29, 1.82) is 0 Å². The van der Waals surface area contributed by atoms with Gasteiger partial charge in [-0.05, 0) is 55.8 Å². The minimum absolute atomic E-state index is 0.0990. The predicted octanol–water partition coefficient (Wildman–Crippen LogP) is 3.18. The molecule has 0 radical (unpaired) electrons. The van der Waals surface area contributed by atoms with Crippen LogP contribution in [0.15, 0.2) is 47.3 Å². The highest BCUT2D eigenvalue weighted by Crippen LogP contribution is 2.18. The smallest absolute Gasteiger partial charge is 0.338 e. The molecule has 0 bridgehead atoms. The minimum Gasteiger partial charge on any atom is -0.449 e. The topological polar surface area (TPSA) is 90.3 Å². The third-order valence-corrected chi connectivity index (χ3v) is 5.07. The molecule has 0 fully saturated rings. The highest BCUT2D eigenvalue weighted by Gasteiger charge is 2.21. The Labute approximate surface area is 171 Å². The van der Waals surface area contributed by atoms with E-state index < -0.39 is 18.0 Å². The van der Waals surface area contributed by atoms with E-state index in [-0.39, 0.29) is 11.1 Å². The fraction of sp³-hybridized carbons (Fsp3) is 0.238. The molecule has 0 aliphatic carbocycles. The molecular weight excluding hydrogens is 394 g/mol. The number of carbonyl (C=O) groups is 2. The molecule has 4 rings (SSSR count). The Kier molecular flexibility index (Phi) is 5.07. The van der Waals surface area contributed by atoms with Crippen molar-refractivity contribution in [3.63, 3.8) is 0 Å². The minimum atomic E-state index is -1.01. The number of fused-ring (bicyclic) bond motifs is 2. The lowest BCUT2D eigenvalue weighted by Gasteiger charge is -2.14. The van der Waals surface area contributed by atoms with Crippen LogP contribution in [0.4, 0.5) is 5.69 Å². The molecule has 1 N–H and O–H groups in total. The first-order chi connectivity index (χ1) is 13.9. The van der Waals surface area contributed by atoms with Gasteiger partial charge in [0.15, 0.2) is 6.10 Å². The van der Waals surface area contributed by atoms with Gasteiger partial charge in [0.05, 0.1) is 16.5 Å². The van der Waals surface area contributed by atoms with Gasteiger partial charge in [-0.15, -0.1) is 0 Å². The maximum Gasteiger partial charge on any atom is 0.338 e. The van der Waals surface area contributed by atoms with Gasteiger partial charge in [0, 0.05) is 23.7 Å². The number of rotatable bonds is 4. The van der Waals surface area contributed by atoms with Crippen LogP contribution in [0.25, 0.3) is 10.9 Å². The van der Waals surface area contributed by atoms with E-state index in [1.165, 1.54) is 19.1 Å². The SMILES string of the molecule is C[C@H](OC(=O)c1ccc2c(=O)n3c(nc2c1)CCC3)C(=O)Nc1ccc(Cl)cc1. The number of hydrogen-bond donors (Lipinski definition) is 1. The summed E-state index contributed by atoms with van der Waals surface area (Å²) in [5.74, 6) is -0.396. The number of amides is 1. The maximum absolute atomic E-state index is 12.5. The number of aromatic nitrogens is 2. The van der Waals surface area contributed by atoms with Crippen LogP contribution < -0.4 is 10.9 Å². The van der Waals surface area contributed by atoms with Gasteiger partial charge in [0.2, 0.25) is 0 Å². The first-order valence-electron chi connectivity index (χ1n) is 9.23. The molecule has 148 valence electrons. The first kappa shape index (κ1) is 19.1. The molecule has 0 saturated heterocycles. The van der Waals surface area contributed by atoms with Gasteiger partial charge in [-0.1, -0.05) is 11.6 Å². The van der Waals surface area contributed by atoms with Gasteiger partial charge >= 0.3 is 5.97 Å². The second-order valence-electron chi connectivity index (χ2n) is 6.86. The number of esters is 1. The Balaban J connectivity index is 1.49. The third-order valence-electron chi connectivity index (χ3n) is 4.82. The third kappa shape index (κ3) is 3.86. The molecular formula is C21H18ClN3O4. The van der Waals surface area contributed by atoms with Crippen molar-refractivity contribution in [3.05, 3.63) is 69.2 Å². The van der Waals surface area contributed by atoms with Crippen LogP contribution >= 0.6 is 11.6 Å². The van der Waals surface area contributed by atoms with Crippen molar-refractivity contribution in [2.45, 2.75) is 32.4 Å². The molecule has 8 heteroatoms. The zero-order chi connectivity index (χ0) is 20.5. The van der Waals surface area contributed by atoms with Crippen LogP contribution in [0.2, 0.25) is 5.02 Å². The summed E-state index contributed by atoms with van der Waals surface area (Å²) < 4.78 is 6.95. The zero-order valence-electron chi connectivity index (χ0n) is 15.6. The second kappa shape index (κ2) is 7.67. The first-order valence-corrected chi connectivity index (χ1v) is 9.61. The van der Waals surface area contributed by atoms with E-state index >= 15 is 0 Å². The van der Waals surface area contributed by atoms with Crippen molar-refractivity contribution in [3.8, 4) is 0 Å². The van der Waals surface area contributed by atoms with E-state index in [4.69, 9.17) is 16.3 Å². The molecule has 1 atom stereocenters. The Morgan fingerprint density at radius 3 is 2.72 bits per heavy atom. The average Bonchev–Trinajstić information content (AvgIpc) is 3.18. The Morgan fingerprint density at radius 2 is 1.97 bits per heavy atom. The molecule has 7 nitrogen and oxygen atoms in total. The molecule has 0 unspecified atom stereocenters. The van der Waals surface area contributed by atoms with Gasteiger partial charge in [-0.3, -0.25) is 14.2 Å². The van der Waals surface area contributed by atoms with Crippen LogP contribution in [-0.4, -0.2) is 27.5 Å². The number of nitrogens with zero attached hydrogens (tertiary/aromatic N) is 2. The Morgan fingerprint density at radius 1 is 1.21 bits per heavy atom. The number of halogens is 1. The quantitative estimate of drug-likeness (QED) is 0.666. The van der Waals surface area contributed by atoms with E-state index in [9.17, 15) is 14.4 Å². The van der Waals surface area contributed by atoms with Crippen molar-refractivity contribution in [2.24, 2.45) is 0 Å². The average molecular weight is 412 g/mol. The lowest BCUT2D eigenvalue weighted by atomic mass is 10.1. The molecule has 0 spiro atoms. The second-order valence-corrected chi connectivity index (χ2v) is 7.30. The Hall–Kier alpha value is -3.19. The summed E-state index contributed by atoms with van der Waals surface area (Å²) >= 11 is 5.82. The normalized spacial score (nSPS) is 13.7. The molecule has 1 aromatic heterocycles. The molecule has 1 amide bonds. The summed E-state index contributed by atoms with van der Waals surface area (Å²) in [4.78, 5) is 41.8. The van der Waals surface area contributed by atoms with Crippen molar-refractivity contribution in [2.75, 3.05) is 5.32 Å². The highest BCUT2D eigenvalue weighted by molar-refractivity contribution is 6.30. The molecule has 29 heavy (non-hydrogen) atoms. The molecule has 2 heterocycles. The maximum atomic E-state index is 12.5. The number of anilines is 1. The number of nitrogens with one attached hydrogen (secondary N) is 1. The van der Waals surface area contributed by atoms with Crippen LogP contribution in [-0.2, 0) is 22.5 Å². The monoisotopic (exact) mass is 411 g/mol. The zero-order valence-corrected chi connectivity index (χ0v) is 16.4. The van der Waals surface area contributed by atoms with Crippen molar-refractivity contribution < 1.29 is 14.3 Å². The van der Waals surface area contributed by atoms with Gasteiger partial charge in [-0.25, -0.2) is 9.78 Å². The van der Waals surface area contributed by atoms with Crippen LogP contribution in [0.3, 0.4) is 0 Å². The van der Waals surface area contributed by atoms with Crippen LogP contribution in [0.1, 0.15) is 29.5 Å². The van der Waals surface area contributed by atoms with E-state index in [0.717, 1.165) is 18.7 Å². The summed E-state index contributed by atoms with van der Waals surface area (Å²) in [5.41, 5.74) is 1.14. The molecule has 1 aliphatic rings. The van der Waals surface area contributed by atoms with E-state index in [2.05, 4.69) is 10.3 Å². The fourth-order valence-electron chi connectivity index (χ4n) is 3.27. The fourth-order valence-corrected chi connectivity index (χ4v) is 3.40. The molecule has 0 saturated carbocycles. The van der Waals surface area contributed by atoms with Crippen LogP contribution in [0.5, 0.6) is 0 Å². The number of benzene rings is 2. The van der Waals surface area contributed by atoms with Gasteiger partial charge in [0.25, 0.3) is 11.5 Å². The Bertz CT molecular complexity index is 1170. The van der Waals surface area contributed by atoms with Gasteiger partial charge < -0.3 is 10.1 Å². The lowest BCUT2D eigenvalue weighted by Crippen LogP contribution is -2.30.